The van der Waals surface area contributed by atoms with E-state index in [2.05, 4.69) is 6.92 Å². The van der Waals surface area contributed by atoms with Crippen LogP contribution < -0.4 is 0 Å². The minimum Gasteiger partial charge on any atom is -0.309 e. The molecule has 0 aliphatic rings. The maximum atomic E-state index is 12.4. The molecule has 0 aromatic carbocycles. The largest absolute Gasteiger partial charge is 0.333 e. The van der Waals surface area contributed by atoms with Gasteiger partial charge in [0.15, 0.2) is 0 Å². The third kappa shape index (κ3) is 7.23. The highest BCUT2D eigenvalue weighted by molar-refractivity contribution is 7.54. The Hall–Kier alpha value is 0.150. The Balaban J connectivity index is 3.97. The van der Waals surface area contributed by atoms with Gasteiger partial charge in [0.25, 0.3) is 0 Å². The van der Waals surface area contributed by atoms with Crippen LogP contribution in [-0.2, 0) is 13.6 Å². The van der Waals surface area contributed by atoms with Crippen molar-refractivity contribution in [1.82, 2.24) is 0 Å². The molecule has 0 heterocycles. The van der Waals surface area contributed by atoms with Crippen LogP contribution in [0.25, 0.3) is 0 Å². The zero-order valence-electron chi connectivity index (χ0n) is 11.9. The van der Waals surface area contributed by atoms with Crippen LogP contribution in [0.1, 0.15) is 66.2 Å². The smallest absolute Gasteiger partial charge is 0.309 e. The highest BCUT2D eigenvalue weighted by Crippen LogP contribution is 2.54. The monoisotopic (exact) mass is 264 g/mol. The molecule has 0 rings (SSSR count). The highest BCUT2D eigenvalue weighted by Gasteiger charge is 2.31. The lowest BCUT2D eigenvalue weighted by atomic mass is 10.1. The minimum absolute atomic E-state index is 0.0176. The number of unbranched alkanes of at least 4 members (excludes halogenated alkanes) is 4. The van der Waals surface area contributed by atoms with Gasteiger partial charge in [0.1, 0.15) is 0 Å². The van der Waals surface area contributed by atoms with Crippen molar-refractivity contribution in [3.63, 3.8) is 0 Å². The van der Waals surface area contributed by atoms with E-state index in [9.17, 15) is 4.57 Å². The second kappa shape index (κ2) is 10.1. The quantitative estimate of drug-likeness (QED) is 0.389. The molecule has 1 atom stereocenters. The van der Waals surface area contributed by atoms with Crippen LogP contribution >= 0.6 is 7.60 Å². The normalized spacial score (nSPS) is 13.9. The zero-order valence-corrected chi connectivity index (χ0v) is 12.8. The molecule has 0 aromatic rings. The van der Waals surface area contributed by atoms with Gasteiger partial charge in [-0.25, -0.2) is 0 Å². The lowest BCUT2D eigenvalue weighted by Crippen LogP contribution is -2.09. The Labute approximate surface area is 107 Å². The summed E-state index contributed by atoms with van der Waals surface area (Å²) in [6.45, 7) is 8.82. The van der Waals surface area contributed by atoms with Crippen LogP contribution in [0, 0.1) is 0 Å². The van der Waals surface area contributed by atoms with E-state index < -0.39 is 7.60 Å². The maximum Gasteiger partial charge on any atom is 0.333 e. The van der Waals surface area contributed by atoms with Gasteiger partial charge in [0.2, 0.25) is 0 Å². The number of hydrogen-bond donors (Lipinski definition) is 0. The number of hydrogen-bond acceptors (Lipinski definition) is 3. The van der Waals surface area contributed by atoms with Gasteiger partial charge in [0, 0.05) is 0 Å². The molecule has 104 valence electrons. The van der Waals surface area contributed by atoms with Crippen molar-refractivity contribution in [1.29, 1.82) is 0 Å². The molecule has 17 heavy (non-hydrogen) atoms. The van der Waals surface area contributed by atoms with Crippen LogP contribution in [0.2, 0.25) is 0 Å². The summed E-state index contributed by atoms with van der Waals surface area (Å²) >= 11 is 0. The Morgan fingerprint density at radius 2 is 1.47 bits per heavy atom. The van der Waals surface area contributed by atoms with Crippen molar-refractivity contribution in [3.8, 4) is 0 Å². The molecule has 3 nitrogen and oxygen atoms in total. The molecular weight excluding hydrogens is 235 g/mol. The van der Waals surface area contributed by atoms with E-state index in [0.29, 0.717) is 13.2 Å². The Morgan fingerprint density at radius 3 is 1.94 bits per heavy atom. The molecule has 0 bridgehead atoms. The lowest BCUT2D eigenvalue weighted by molar-refractivity contribution is 0.211. The summed E-state index contributed by atoms with van der Waals surface area (Å²) in [7, 11) is -2.87. The van der Waals surface area contributed by atoms with E-state index in [0.717, 1.165) is 12.8 Å². The van der Waals surface area contributed by atoms with Crippen LogP contribution in [0.5, 0.6) is 0 Å². The molecule has 0 aliphatic carbocycles. The first-order valence-electron chi connectivity index (χ1n) is 6.99. The summed E-state index contributed by atoms with van der Waals surface area (Å²) in [6.07, 6.45) is 7.09. The van der Waals surface area contributed by atoms with E-state index in [1.54, 1.807) is 0 Å². The second-order valence-electron chi connectivity index (χ2n) is 4.43. The van der Waals surface area contributed by atoms with Crippen LogP contribution in [0.15, 0.2) is 0 Å². The topological polar surface area (TPSA) is 35.5 Å². The Morgan fingerprint density at radius 1 is 0.941 bits per heavy atom. The second-order valence-corrected chi connectivity index (χ2v) is 6.90. The molecule has 0 amide bonds. The molecule has 0 saturated carbocycles. The highest BCUT2D eigenvalue weighted by atomic mass is 31.2. The van der Waals surface area contributed by atoms with Gasteiger partial charge < -0.3 is 9.05 Å². The third-order valence-corrected chi connectivity index (χ3v) is 5.46. The SMILES string of the molecule is CCCCCCCC(C)P(=O)(OCC)OCC. The van der Waals surface area contributed by atoms with E-state index in [1.165, 1.54) is 25.7 Å². The van der Waals surface area contributed by atoms with Crippen molar-refractivity contribution < 1.29 is 13.6 Å². The molecule has 1 unspecified atom stereocenters. The summed E-state index contributed by atoms with van der Waals surface area (Å²) in [4.78, 5) is 0. The predicted octanol–water partition coefficient (Wildman–Crippen LogP) is 5.00. The minimum atomic E-state index is -2.87. The fourth-order valence-electron chi connectivity index (χ4n) is 1.85. The summed E-state index contributed by atoms with van der Waals surface area (Å²) < 4.78 is 23.1. The Kier molecular flexibility index (Phi) is 10.2. The third-order valence-electron chi connectivity index (χ3n) is 2.88. The van der Waals surface area contributed by atoms with Gasteiger partial charge in [-0.2, -0.15) is 0 Å². The van der Waals surface area contributed by atoms with E-state index in [1.807, 2.05) is 20.8 Å². The first-order chi connectivity index (χ1) is 8.10. The van der Waals surface area contributed by atoms with Gasteiger partial charge >= 0.3 is 7.60 Å². The zero-order chi connectivity index (χ0) is 13.1. The van der Waals surface area contributed by atoms with Crippen molar-refractivity contribution >= 4 is 7.60 Å². The van der Waals surface area contributed by atoms with Gasteiger partial charge in [-0.3, -0.25) is 4.57 Å². The molecule has 0 aromatic heterocycles. The van der Waals surface area contributed by atoms with Crippen molar-refractivity contribution in [2.45, 2.75) is 71.9 Å². The summed E-state index contributed by atoms with van der Waals surface area (Å²) in [5.74, 6) is 0. The fourth-order valence-corrected chi connectivity index (χ4v) is 3.66. The van der Waals surface area contributed by atoms with Crippen molar-refractivity contribution in [3.05, 3.63) is 0 Å². The average molecular weight is 264 g/mol. The lowest BCUT2D eigenvalue weighted by Gasteiger charge is -2.23. The molecule has 0 N–H and O–H groups in total. The summed E-state index contributed by atoms with van der Waals surface area (Å²) in [5.41, 5.74) is 0.0176. The van der Waals surface area contributed by atoms with Gasteiger partial charge in [-0.1, -0.05) is 46.0 Å². The van der Waals surface area contributed by atoms with Gasteiger partial charge in [-0.15, -0.1) is 0 Å². The first kappa shape index (κ1) is 17.2. The van der Waals surface area contributed by atoms with E-state index in [4.69, 9.17) is 9.05 Å². The van der Waals surface area contributed by atoms with Crippen LogP contribution in [0.4, 0.5) is 0 Å². The van der Waals surface area contributed by atoms with E-state index >= 15 is 0 Å². The van der Waals surface area contributed by atoms with Crippen LogP contribution in [-0.4, -0.2) is 18.9 Å². The molecule has 4 heteroatoms. The standard InChI is InChI=1S/C13H29O3P/c1-5-8-9-10-11-12-13(4)17(14,15-6-2)16-7-3/h13H,5-12H2,1-4H3. The first-order valence-corrected chi connectivity index (χ1v) is 8.60. The molecule has 0 fully saturated rings. The molecular formula is C13H29O3P. The fraction of sp³-hybridized carbons (Fsp3) is 1.00. The van der Waals surface area contributed by atoms with Gasteiger partial charge in [0.05, 0.1) is 18.9 Å². The molecule has 0 radical (unpaired) electrons. The molecule has 0 saturated heterocycles. The maximum absolute atomic E-state index is 12.4. The molecule has 0 aliphatic heterocycles. The Bertz CT molecular complexity index is 209. The number of rotatable bonds is 11. The summed E-state index contributed by atoms with van der Waals surface area (Å²) in [6, 6.07) is 0. The molecule has 0 spiro atoms. The van der Waals surface area contributed by atoms with E-state index in [-0.39, 0.29) is 5.66 Å². The summed E-state index contributed by atoms with van der Waals surface area (Å²) in [5, 5.41) is 0. The average Bonchev–Trinajstić information content (AvgIpc) is 2.29. The van der Waals surface area contributed by atoms with Crippen molar-refractivity contribution in [2.75, 3.05) is 13.2 Å². The van der Waals surface area contributed by atoms with Gasteiger partial charge in [-0.05, 0) is 20.3 Å². The van der Waals surface area contributed by atoms with Crippen molar-refractivity contribution in [2.24, 2.45) is 0 Å². The van der Waals surface area contributed by atoms with Crippen LogP contribution in [0.3, 0.4) is 0 Å². The predicted molar refractivity (Wildman–Crippen MR) is 73.7 cm³/mol.